The van der Waals surface area contributed by atoms with Gasteiger partial charge in [0.1, 0.15) is 0 Å². The molecule has 7 aromatic carbocycles. The number of fused-ring (bicyclic) bond motifs is 10. The van der Waals surface area contributed by atoms with E-state index < -0.39 is 5.41 Å². The molecule has 282 valence electrons. The molecule has 1 spiro atoms. The van der Waals surface area contributed by atoms with Crippen molar-refractivity contribution in [3.05, 3.63) is 222 Å². The molecule has 3 aliphatic rings. The molecule has 1 aliphatic heterocycles. The highest BCUT2D eigenvalue weighted by Gasteiger charge is 2.53. The van der Waals surface area contributed by atoms with Crippen LogP contribution in [-0.2, 0) is 5.41 Å². The topological polar surface area (TPSA) is 51.6 Å². The van der Waals surface area contributed by atoms with Gasteiger partial charge in [-0.1, -0.05) is 182 Å². The Bertz CT molecular complexity index is 3160. The van der Waals surface area contributed by atoms with Crippen LogP contribution in [0.5, 0.6) is 0 Å². The van der Waals surface area contributed by atoms with E-state index in [1.807, 2.05) is 84.8 Å². The van der Waals surface area contributed by atoms with E-state index in [0.717, 1.165) is 40.5 Å². The molecular formula is C55H36N4S. The van der Waals surface area contributed by atoms with Gasteiger partial charge in [0.05, 0.1) is 5.41 Å². The van der Waals surface area contributed by atoms with Crippen LogP contribution in [0.2, 0.25) is 0 Å². The molecule has 12 rings (SSSR count). The fraction of sp³-hybridized carbons (Fsp3) is 0.0545. The van der Waals surface area contributed by atoms with Crippen LogP contribution in [0, 0.1) is 0 Å². The Morgan fingerprint density at radius 1 is 0.433 bits per heavy atom. The second-order valence-corrected chi connectivity index (χ2v) is 16.7. The summed E-state index contributed by atoms with van der Waals surface area (Å²) in [6.45, 7) is 0. The molecule has 4 nitrogen and oxygen atoms in total. The number of benzene rings is 7. The first kappa shape index (κ1) is 34.8. The number of pyridine rings is 1. The Morgan fingerprint density at radius 2 is 0.983 bits per heavy atom. The molecule has 0 saturated heterocycles. The van der Waals surface area contributed by atoms with Crippen molar-refractivity contribution >= 4 is 22.5 Å². The SMILES string of the molecule is C1=C2Sc3ccccc3C3(C2=CCC1)c1cccc(-c2ccc(-c4nc(-c5ccccc5)nc(-c5ccccc5)n4)cc2)c1-c1c(-c2cccc4ccncc24)cccc13. The molecule has 2 aliphatic carbocycles. The Kier molecular flexibility index (Phi) is 8.10. The van der Waals surface area contributed by atoms with Crippen LogP contribution < -0.4 is 0 Å². The minimum Gasteiger partial charge on any atom is -0.264 e. The summed E-state index contributed by atoms with van der Waals surface area (Å²) in [5.74, 6) is 1.95. The van der Waals surface area contributed by atoms with Crippen molar-refractivity contribution in [1.29, 1.82) is 0 Å². The number of thioether (sulfide) groups is 1. The first-order valence-electron chi connectivity index (χ1n) is 20.5. The van der Waals surface area contributed by atoms with Gasteiger partial charge in [-0.3, -0.25) is 4.98 Å². The quantitative estimate of drug-likeness (QED) is 0.174. The molecule has 0 N–H and O–H groups in total. The third-order valence-electron chi connectivity index (χ3n) is 12.3. The molecule has 5 heteroatoms. The van der Waals surface area contributed by atoms with Gasteiger partial charge in [0.2, 0.25) is 0 Å². The monoisotopic (exact) mass is 784 g/mol. The molecule has 0 saturated carbocycles. The number of rotatable bonds is 5. The van der Waals surface area contributed by atoms with Crippen LogP contribution in [0.25, 0.3) is 78.3 Å². The number of allylic oxidation sites excluding steroid dienone is 3. The maximum atomic E-state index is 5.04. The molecule has 0 amide bonds. The summed E-state index contributed by atoms with van der Waals surface area (Å²) in [5.41, 5.74) is 15.1. The lowest BCUT2D eigenvalue weighted by atomic mass is 9.65. The lowest BCUT2D eigenvalue weighted by molar-refractivity contribution is 0.724. The lowest BCUT2D eigenvalue weighted by Crippen LogP contribution is -2.33. The summed E-state index contributed by atoms with van der Waals surface area (Å²) >= 11 is 1.92. The molecule has 1 unspecified atom stereocenters. The van der Waals surface area contributed by atoms with E-state index in [-0.39, 0.29) is 0 Å². The van der Waals surface area contributed by atoms with Crippen molar-refractivity contribution in [2.45, 2.75) is 23.2 Å². The molecular weight excluding hydrogens is 749 g/mol. The van der Waals surface area contributed by atoms with Crippen molar-refractivity contribution in [3.8, 4) is 67.5 Å². The maximum Gasteiger partial charge on any atom is 0.164 e. The third-order valence-corrected chi connectivity index (χ3v) is 13.5. The highest BCUT2D eigenvalue weighted by atomic mass is 32.2. The van der Waals surface area contributed by atoms with Gasteiger partial charge < -0.3 is 0 Å². The van der Waals surface area contributed by atoms with Crippen molar-refractivity contribution in [2.24, 2.45) is 0 Å². The van der Waals surface area contributed by atoms with Crippen LogP contribution in [0.1, 0.15) is 29.5 Å². The Balaban J connectivity index is 1.09. The highest BCUT2D eigenvalue weighted by molar-refractivity contribution is 8.03. The summed E-state index contributed by atoms with van der Waals surface area (Å²) in [6.07, 6.45) is 11.0. The van der Waals surface area contributed by atoms with E-state index in [1.54, 1.807) is 0 Å². The minimum atomic E-state index is -0.472. The third kappa shape index (κ3) is 5.32. The van der Waals surface area contributed by atoms with Crippen LogP contribution in [0.15, 0.2) is 210 Å². The Morgan fingerprint density at radius 3 is 1.70 bits per heavy atom. The van der Waals surface area contributed by atoms with Crippen molar-refractivity contribution in [1.82, 2.24) is 19.9 Å². The normalized spacial score (nSPS) is 16.1. The molecule has 60 heavy (non-hydrogen) atoms. The van der Waals surface area contributed by atoms with Gasteiger partial charge in [0.15, 0.2) is 17.5 Å². The van der Waals surface area contributed by atoms with Crippen molar-refractivity contribution in [2.75, 3.05) is 0 Å². The molecule has 0 bridgehead atoms. The zero-order valence-electron chi connectivity index (χ0n) is 32.6. The van der Waals surface area contributed by atoms with Gasteiger partial charge in [-0.15, -0.1) is 0 Å². The first-order chi connectivity index (χ1) is 29.8. The number of hydrogen-bond acceptors (Lipinski definition) is 5. The van der Waals surface area contributed by atoms with E-state index in [1.165, 1.54) is 65.3 Å². The molecule has 2 aromatic heterocycles. The van der Waals surface area contributed by atoms with Crippen molar-refractivity contribution < 1.29 is 0 Å². The van der Waals surface area contributed by atoms with Gasteiger partial charge in [-0.05, 0) is 86.0 Å². The predicted molar refractivity (Wildman–Crippen MR) is 245 cm³/mol. The summed E-state index contributed by atoms with van der Waals surface area (Å²) in [5, 5.41) is 2.33. The van der Waals surface area contributed by atoms with Crippen LogP contribution in [-0.4, -0.2) is 19.9 Å². The first-order valence-corrected chi connectivity index (χ1v) is 21.3. The largest absolute Gasteiger partial charge is 0.264 e. The average Bonchev–Trinajstić information content (AvgIpc) is 3.63. The minimum absolute atomic E-state index is 0.472. The second-order valence-electron chi connectivity index (χ2n) is 15.6. The van der Waals surface area contributed by atoms with Gasteiger partial charge in [-0.25, -0.2) is 15.0 Å². The van der Waals surface area contributed by atoms with E-state index in [2.05, 4.69) is 126 Å². The zero-order chi connectivity index (χ0) is 39.6. The number of nitrogens with zero attached hydrogens (tertiary/aromatic N) is 4. The Hall–Kier alpha value is -7.21. The maximum absolute atomic E-state index is 5.04. The van der Waals surface area contributed by atoms with Gasteiger partial charge in [0.25, 0.3) is 0 Å². The van der Waals surface area contributed by atoms with Crippen molar-refractivity contribution in [3.63, 3.8) is 0 Å². The summed E-state index contributed by atoms with van der Waals surface area (Å²) in [6, 6.07) is 60.8. The lowest BCUT2D eigenvalue weighted by Gasteiger charge is -2.42. The van der Waals surface area contributed by atoms with Crippen LogP contribution in [0.3, 0.4) is 0 Å². The zero-order valence-corrected chi connectivity index (χ0v) is 33.4. The van der Waals surface area contributed by atoms with Gasteiger partial charge in [-0.2, -0.15) is 0 Å². The number of aromatic nitrogens is 4. The molecule has 0 fully saturated rings. The van der Waals surface area contributed by atoms with E-state index in [4.69, 9.17) is 15.0 Å². The van der Waals surface area contributed by atoms with Crippen LogP contribution in [0.4, 0.5) is 0 Å². The molecule has 0 radical (unpaired) electrons. The van der Waals surface area contributed by atoms with E-state index in [9.17, 15) is 0 Å². The number of hydrogen-bond donors (Lipinski definition) is 0. The Labute approximate surface area is 353 Å². The summed E-state index contributed by atoms with van der Waals surface area (Å²) in [7, 11) is 0. The molecule has 3 heterocycles. The predicted octanol–water partition coefficient (Wildman–Crippen LogP) is 13.8. The average molecular weight is 785 g/mol. The second kappa shape index (κ2) is 14.0. The fourth-order valence-electron chi connectivity index (χ4n) is 9.76. The fourth-order valence-corrected chi connectivity index (χ4v) is 11.0. The van der Waals surface area contributed by atoms with Crippen LogP contribution >= 0.6 is 11.8 Å². The molecule has 9 aromatic rings. The highest BCUT2D eigenvalue weighted by Crippen LogP contribution is 2.66. The molecule has 1 atom stereocenters. The van der Waals surface area contributed by atoms with E-state index in [0.29, 0.717) is 17.5 Å². The summed E-state index contributed by atoms with van der Waals surface area (Å²) < 4.78 is 0. The van der Waals surface area contributed by atoms with Gasteiger partial charge in [0, 0.05) is 44.3 Å². The van der Waals surface area contributed by atoms with Gasteiger partial charge >= 0.3 is 0 Å². The standard InChI is InChI=1S/C55H36N4S/c1-3-14-37(15-4-1)52-57-53(38-16-5-2-6-17-38)59-54(58-52)39-30-28-36(29-31-39)40-19-12-24-46-50(40)51-42(41-20-11-18-35-32-33-56-34-43(35)41)21-13-25-47(51)55(46)44-22-7-9-26-48(44)60-49-27-10-8-23-45(49)55/h1-7,9,11-34H,8,10H2. The van der Waals surface area contributed by atoms with E-state index >= 15 is 0 Å². The smallest absolute Gasteiger partial charge is 0.164 e. The summed E-state index contributed by atoms with van der Waals surface area (Å²) in [4.78, 5) is 22.3.